The van der Waals surface area contributed by atoms with Crippen molar-refractivity contribution in [2.24, 2.45) is 12.0 Å². The fourth-order valence-electron chi connectivity index (χ4n) is 1.91. The SMILES string of the molecule is Cn1cncc1C#CC1=NCc2ccc(N)cc21. The molecule has 0 unspecified atom stereocenters. The number of aromatic nitrogens is 2. The molecule has 0 saturated heterocycles. The maximum Gasteiger partial charge on any atom is 0.116 e. The summed E-state index contributed by atoms with van der Waals surface area (Å²) in [5.74, 6) is 6.17. The van der Waals surface area contributed by atoms with E-state index in [-0.39, 0.29) is 0 Å². The quantitative estimate of drug-likeness (QED) is 0.554. The third-order valence-electron chi connectivity index (χ3n) is 2.92. The molecule has 1 aliphatic rings. The average Bonchev–Trinajstić information content (AvgIpc) is 2.93. The highest BCUT2D eigenvalue weighted by Gasteiger charge is 2.13. The summed E-state index contributed by atoms with van der Waals surface area (Å²) in [6, 6.07) is 5.83. The van der Waals surface area contributed by atoms with Gasteiger partial charge in [0.1, 0.15) is 11.4 Å². The fourth-order valence-corrected chi connectivity index (χ4v) is 1.91. The van der Waals surface area contributed by atoms with Gasteiger partial charge in [0.15, 0.2) is 0 Å². The lowest BCUT2D eigenvalue weighted by Gasteiger charge is -1.99. The largest absolute Gasteiger partial charge is 0.399 e. The summed E-state index contributed by atoms with van der Waals surface area (Å²) in [4.78, 5) is 8.46. The number of fused-ring (bicyclic) bond motifs is 1. The highest BCUT2D eigenvalue weighted by Crippen LogP contribution is 2.21. The number of aryl methyl sites for hydroxylation is 1. The highest BCUT2D eigenvalue weighted by molar-refractivity contribution is 6.15. The maximum absolute atomic E-state index is 5.79. The molecule has 2 aromatic rings. The highest BCUT2D eigenvalue weighted by atomic mass is 15.0. The Labute approximate surface area is 105 Å². The minimum absolute atomic E-state index is 0.686. The van der Waals surface area contributed by atoms with E-state index in [1.165, 1.54) is 5.56 Å². The van der Waals surface area contributed by atoms with Gasteiger partial charge in [-0.15, -0.1) is 0 Å². The minimum Gasteiger partial charge on any atom is -0.399 e. The molecule has 88 valence electrons. The van der Waals surface area contributed by atoms with E-state index >= 15 is 0 Å². The van der Waals surface area contributed by atoms with E-state index in [4.69, 9.17) is 5.73 Å². The van der Waals surface area contributed by atoms with E-state index < -0.39 is 0 Å². The fraction of sp³-hybridized carbons (Fsp3) is 0.143. The number of benzene rings is 1. The van der Waals surface area contributed by atoms with Crippen LogP contribution in [0.15, 0.2) is 35.7 Å². The lowest BCUT2D eigenvalue weighted by Crippen LogP contribution is -1.97. The molecular weight excluding hydrogens is 224 g/mol. The summed E-state index contributed by atoms with van der Waals surface area (Å²) in [7, 11) is 1.92. The number of nitrogens with zero attached hydrogens (tertiary/aromatic N) is 3. The van der Waals surface area contributed by atoms with Crippen LogP contribution in [-0.2, 0) is 13.6 Å². The van der Waals surface area contributed by atoms with Crippen LogP contribution in [0.4, 0.5) is 5.69 Å². The van der Waals surface area contributed by atoms with Gasteiger partial charge in [-0.05, 0) is 29.5 Å². The van der Waals surface area contributed by atoms with Crippen molar-refractivity contribution in [3.05, 3.63) is 47.5 Å². The van der Waals surface area contributed by atoms with Crippen molar-refractivity contribution >= 4 is 11.4 Å². The van der Waals surface area contributed by atoms with Crippen LogP contribution in [-0.4, -0.2) is 15.3 Å². The molecule has 0 saturated carbocycles. The first-order valence-electron chi connectivity index (χ1n) is 5.65. The molecule has 1 aromatic heterocycles. The van der Waals surface area contributed by atoms with Crippen molar-refractivity contribution in [2.45, 2.75) is 6.54 Å². The Morgan fingerprint density at radius 1 is 1.33 bits per heavy atom. The molecule has 18 heavy (non-hydrogen) atoms. The Kier molecular flexibility index (Phi) is 2.38. The lowest BCUT2D eigenvalue weighted by atomic mass is 10.1. The Balaban J connectivity index is 1.96. The third kappa shape index (κ3) is 1.76. The summed E-state index contributed by atoms with van der Waals surface area (Å²) in [6.45, 7) is 0.686. The maximum atomic E-state index is 5.79. The van der Waals surface area contributed by atoms with Gasteiger partial charge in [0, 0.05) is 18.3 Å². The van der Waals surface area contributed by atoms with Gasteiger partial charge in [0.25, 0.3) is 0 Å². The molecule has 0 amide bonds. The number of imidazole rings is 1. The van der Waals surface area contributed by atoms with Crippen LogP contribution < -0.4 is 5.73 Å². The van der Waals surface area contributed by atoms with Crippen LogP contribution in [0, 0.1) is 11.8 Å². The zero-order valence-corrected chi connectivity index (χ0v) is 10.0. The van der Waals surface area contributed by atoms with Gasteiger partial charge in [0.05, 0.1) is 19.1 Å². The van der Waals surface area contributed by atoms with E-state index in [2.05, 4.69) is 21.8 Å². The topological polar surface area (TPSA) is 56.2 Å². The Morgan fingerprint density at radius 2 is 2.22 bits per heavy atom. The van der Waals surface area contributed by atoms with E-state index in [1.54, 1.807) is 12.5 Å². The molecule has 0 atom stereocenters. The van der Waals surface area contributed by atoms with Crippen molar-refractivity contribution < 1.29 is 0 Å². The minimum atomic E-state index is 0.686. The lowest BCUT2D eigenvalue weighted by molar-refractivity contribution is 0.899. The summed E-state index contributed by atoms with van der Waals surface area (Å²) in [6.07, 6.45) is 3.47. The van der Waals surface area contributed by atoms with E-state index in [9.17, 15) is 0 Å². The van der Waals surface area contributed by atoms with Crippen LogP contribution in [0.25, 0.3) is 0 Å². The average molecular weight is 236 g/mol. The second-order valence-electron chi connectivity index (χ2n) is 4.22. The molecule has 0 bridgehead atoms. The summed E-state index contributed by atoms with van der Waals surface area (Å²) in [5, 5.41) is 0. The van der Waals surface area contributed by atoms with Crippen molar-refractivity contribution in [1.82, 2.24) is 9.55 Å². The molecule has 4 nitrogen and oxygen atoms in total. The summed E-state index contributed by atoms with van der Waals surface area (Å²) < 4.78 is 1.88. The first-order chi connectivity index (χ1) is 8.74. The van der Waals surface area contributed by atoms with Crippen LogP contribution in [0.5, 0.6) is 0 Å². The zero-order valence-electron chi connectivity index (χ0n) is 10.0. The summed E-state index contributed by atoms with van der Waals surface area (Å²) in [5.41, 5.74) is 10.4. The normalized spacial score (nSPS) is 12.6. The predicted octanol–water partition coefficient (Wildman–Crippen LogP) is 1.36. The first kappa shape index (κ1) is 10.6. The molecule has 4 heteroatoms. The first-order valence-corrected chi connectivity index (χ1v) is 5.65. The zero-order chi connectivity index (χ0) is 12.5. The molecule has 3 rings (SSSR count). The van der Waals surface area contributed by atoms with Crippen molar-refractivity contribution in [2.75, 3.05) is 5.73 Å². The number of nitrogen functional groups attached to an aromatic ring is 1. The van der Waals surface area contributed by atoms with Gasteiger partial charge in [-0.1, -0.05) is 6.07 Å². The van der Waals surface area contributed by atoms with Crippen LogP contribution in [0.3, 0.4) is 0 Å². The van der Waals surface area contributed by atoms with E-state index in [0.29, 0.717) is 6.54 Å². The number of aliphatic imine (C=N–C) groups is 1. The smallest absolute Gasteiger partial charge is 0.116 e. The van der Waals surface area contributed by atoms with E-state index in [0.717, 1.165) is 22.7 Å². The van der Waals surface area contributed by atoms with Crippen molar-refractivity contribution in [1.29, 1.82) is 0 Å². The number of rotatable bonds is 0. The van der Waals surface area contributed by atoms with Crippen LogP contribution in [0.1, 0.15) is 16.8 Å². The number of anilines is 1. The molecule has 0 radical (unpaired) electrons. The van der Waals surface area contributed by atoms with Crippen molar-refractivity contribution in [3.8, 4) is 11.8 Å². The Hall–Kier alpha value is -2.54. The second-order valence-corrected chi connectivity index (χ2v) is 4.22. The van der Waals surface area contributed by atoms with Gasteiger partial charge in [-0.2, -0.15) is 0 Å². The van der Waals surface area contributed by atoms with Gasteiger partial charge in [0.2, 0.25) is 0 Å². The molecule has 1 aromatic carbocycles. The number of hydrogen-bond acceptors (Lipinski definition) is 3. The summed E-state index contributed by atoms with van der Waals surface area (Å²) >= 11 is 0. The van der Waals surface area contributed by atoms with Gasteiger partial charge in [-0.25, -0.2) is 4.98 Å². The van der Waals surface area contributed by atoms with E-state index in [1.807, 2.05) is 29.8 Å². The molecular formula is C14H12N4. The Bertz CT molecular complexity index is 698. The molecule has 2 heterocycles. The van der Waals surface area contributed by atoms with Gasteiger partial charge < -0.3 is 10.3 Å². The van der Waals surface area contributed by atoms with Gasteiger partial charge in [-0.3, -0.25) is 4.99 Å². The van der Waals surface area contributed by atoms with Crippen molar-refractivity contribution in [3.63, 3.8) is 0 Å². The molecule has 2 N–H and O–H groups in total. The standard InChI is InChI=1S/C14H12N4/c1-18-9-16-8-12(18)4-5-14-13-6-11(15)3-2-10(13)7-17-14/h2-3,6,8-9H,7,15H2,1H3. The number of nitrogens with two attached hydrogens (primary N) is 1. The Morgan fingerprint density at radius 3 is 3.00 bits per heavy atom. The molecule has 0 spiro atoms. The predicted molar refractivity (Wildman–Crippen MR) is 71.2 cm³/mol. The molecule has 0 aliphatic carbocycles. The second kappa shape index (κ2) is 4.04. The monoisotopic (exact) mass is 236 g/mol. The molecule has 1 aliphatic heterocycles. The third-order valence-corrected chi connectivity index (χ3v) is 2.92. The number of hydrogen-bond donors (Lipinski definition) is 1. The van der Waals surface area contributed by atoms with Crippen LogP contribution >= 0.6 is 0 Å². The van der Waals surface area contributed by atoms with Crippen LogP contribution in [0.2, 0.25) is 0 Å². The molecule has 0 fully saturated rings. The van der Waals surface area contributed by atoms with Gasteiger partial charge >= 0.3 is 0 Å².